The van der Waals surface area contributed by atoms with Gasteiger partial charge in [0, 0.05) is 11.8 Å². The Bertz CT molecular complexity index is 582. The lowest BCUT2D eigenvalue weighted by Gasteiger charge is -2.37. The summed E-state index contributed by atoms with van der Waals surface area (Å²) in [7, 11) is 0. The highest BCUT2D eigenvalue weighted by Gasteiger charge is 2.49. The first-order valence-corrected chi connectivity index (χ1v) is 10.0. The fourth-order valence-corrected chi connectivity index (χ4v) is 5.90. The third-order valence-corrected chi connectivity index (χ3v) is 7.28. The molecule has 2 aliphatic heterocycles. The molecule has 0 amide bonds. The number of fused-ring (bicyclic) bond motifs is 1. The molecule has 2 saturated carbocycles. The second kappa shape index (κ2) is 6.53. The van der Waals surface area contributed by atoms with E-state index in [4.69, 9.17) is 9.47 Å². The lowest BCUT2D eigenvalue weighted by molar-refractivity contribution is -0.140. The number of cyclic esters (lactones) is 1. The third kappa shape index (κ3) is 3.30. The van der Waals surface area contributed by atoms with Gasteiger partial charge in [-0.3, -0.25) is 9.59 Å². The van der Waals surface area contributed by atoms with Crippen molar-refractivity contribution >= 4 is 11.8 Å². The second-order valence-electron chi connectivity index (χ2n) is 8.88. The van der Waals surface area contributed by atoms with Gasteiger partial charge in [0.2, 0.25) is 0 Å². The number of carbonyl (C=O) groups is 2. The average molecular weight is 346 g/mol. The first kappa shape index (κ1) is 17.3. The molecule has 0 aromatic heterocycles. The summed E-state index contributed by atoms with van der Waals surface area (Å²) in [6.07, 6.45) is 8.22. The molecule has 0 spiro atoms. The van der Waals surface area contributed by atoms with Gasteiger partial charge in [0.1, 0.15) is 11.5 Å². The summed E-state index contributed by atoms with van der Waals surface area (Å²) in [6, 6.07) is 0. The van der Waals surface area contributed by atoms with Gasteiger partial charge in [-0.2, -0.15) is 0 Å². The maximum absolute atomic E-state index is 12.0. The van der Waals surface area contributed by atoms with E-state index in [1.54, 1.807) is 6.92 Å². The maximum atomic E-state index is 12.0. The van der Waals surface area contributed by atoms with Crippen molar-refractivity contribution in [1.29, 1.82) is 0 Å². The summed E-state index contributed by atoms with van der Waals surface area (Å²) in [5.74, 6) is 3.13. The number of ketones is 1. The zero-order valence-corrected chi connectivity index (χ0v) is 15.4. The number of esters is 1. The van der Waals surface area contributed by atoms with E-state index in [9.17, 15) is 9.59 Å². The third-order valence-electron chi connectivity index (χ3n) is 7.28. The zero-order chi connectivity index (χ0) is 17.7. The summed E-state index contributed by atoms with van der Waals surface area (Å²) < 4.78 is 11.0. The molecule has 25 heavy (non-hydrogen) atoms. The van der Waals surface area contributed by atoms with Crippen LogP contribution in [0, 0.1) is 35.5 Å². The molecule has 4 nitrogen and oxygen atoms in total. The minimum absolute atomic E-state index is 0.0439. The van der Waals surface area contributed by atoms with Crippen LogP contribution in [0.2, 0.25) is 0 Å². The molecule has 2 saturated heterocycles. The van der Waals surface area contributed by atoms with Gasteiger partial charge >= 0.3 is 5.97 Å². The molecule has 0 aromatic carbocycles. The van der Waals surface area contributed by atoms with Crippen LogP contribution in [0.1, 0.15) is 58.8 Å². The molecule has 4 heteroatoms. The Morgan fingerprint density at radius 1 is 1.12 bits per heavy atom. The van der Waals surface area contributed by atoms with Gasteiger partial charge in [-0.25, -0.2) is 0 Å². The van der Waals surface area contributed by atoms with Gasteiger partial charge < -0.3 is 9.47 Å². The Hall–Kier alpha value is -1.16. The van der Waals surface area contributed by atoms with Gasteiger partial charge in [0.05, 0.1) is 18.1 Å². The topological polar surface area (TPSA) is 55.9 Å². The molecule has 138 valence electrons. The van der Waals surface area contributed by atoms with Crippen LogP contribution in [0.15, 0.2) is 12.3 Å². The first-order valence-electron chi connectivity index (χ1n) is 10.0. The van der Waals surface area contributed by atoms with E-state index in [-0.39, 0.29) is 23.7 Å². The van der Waals surface area contributed by atoms with Crippen LogP contribution in [-0.4, -0.2) is 24.0 Å². The highest BCUT2D eigenvalue weighted by molar-refractivity contribution is 5.79. The summed E-state index contributed by atoms with van der Waals surface area (Å²) >= 11 is 0. The van der Waals surface area contributed by atoms with Crippen LogP contribution in [-0.2, 0) is 19.1 Å². The quantitative estimate of drug-likeness (QED) is 0.572. The second-order valence-corrected chi connectivity index (χ2v) is 8.88. The predicted molar refractivity (Wildman–Crippen MR) is 93.5 cm³/mol. The average Bonchev–Trinajstić information content (AvgIpc) is 3.23. The summed E-state index contributed by atoms with van der Waals surface area (Å²) in [6.45, 7) is 7.77. The Labute approximate surface area is 150 Å². The number of epoxide rings is 1. The minimum atomic E-state index is -0.0573. The fraction of sp³-hybridized carbons (Fsp3) is 0.810. The van der Waals surface area contributed by atoms with E-state index in [0.717, 1.165) is 32.1 Å². The number of carbonyl (C=O) groups excluding carboxylic acids is 2. The van der Waals surface area contributed by atoms with Crippen LogP contribution >= 0.6 is 0 Å². The molecule has 4 aliphatic rings. The SMILES string of the molecule is C=C1OC(=O)C2CC(CC3CCC(C(C)=O)C(C4OC4C)C3)CCC12. The smallest absolute Gasteiger partial charge is 0.314 e. The molecule has 0 aromatic rings. The van der Waals surface area contributed by atoms with Crippen molar-refractivity contribution in [1.82, 2.24) is 0 Å². The largest absolute Gasteiger partial charge is 0.431 e. The van der Waals surface area contributed by atoms with Gasteiger partial charge in [-0.15, -0.1) is 0 Å². The molecular weight excluding hydrogens is 316 g/mol. The molecule has 0 radical (unpaired) electrons. The molecule has 0 N–H and O–H groups in total. The van der Waals surface area contributed by atoms with Crippen LogP contribution in [0.4, 0.5) is 0 Å². The highest BCUT2D eigenvalue weighted by Crippen LogP contribution is 2.49. The van der Waals surface area contributed by atoms with Crippen molar-refractivity contribution in [3.63, 3.8) is 0 Å². The summed E-state index contributed by atoms with van der Waals surface area (Å²) in [5, 5.41) is 0. The summed E-state index contributed by atoms with van der Waals surface area (Å²) in [4.78, 5) is 24.0. The Morgan fingerprint density at radius 3 is 2.48 bits per heavy atom. The van der Waals surface area contributed by atoms with Crippen LogP contribution in [0.3, 0.4) is 0 Å². The van der Waals surface area contributed by atoms with Gasteiger partial charge in [-0.1, -0.05) is 6.58 Å². The normalized spacial score (nSPS) is 46.5. The Balaban J connectivity index is 1.36. The van der Waals surface area contributed by atoms with Gasteiger partial charge in [0.25, 0.3) is 0 Å². The minimum Gasteiger partial charge on any atom is -0.431 e. The van der Waals surface area contributed by atoms with E-state index < -0.39 is 0 Å². The molecule has 0 bridgehead atoms. The fourth-order valence-electron chi connectivity index (χ4n) is 5.90. The van der Waals surface area contributed by atoms with Gasteiger partial charge in [-0.05, 0) is 76.5 Å². The van der Waals surface area contributed by atoms with E-state index >= 15 is 0 Å². The number of hydrogen-bond acceptors (Lipinski definition) is 4. The number of Topliss-reactive ketones (excluding diaryl/α,β-unsaturated/α-hetero) is 1. The van der Waals surface area contributed by atoms with Crippen molar-refractivity contribution in [2.45, 2.75) is 71.0 Å². The molecule has 4 fully saturated rings. The molecule has 2 heterocycles. The maximum Gasteiger partial charge on any atom is 0.314 e. The van der Waals surface area contributed by atoms with Crippen molar-refractivity contribution in [2.24, 2.45) is 35.5 Å². The van der Waals surface area contributed by atoms with Crippen LogP contribution in [0.5, 0.6) is 0 Å². The molecule has 2 aliphatic carbocycles. The lowest BCUT2D eigenvalue weighted by Crippen LogP contribution is -2.35. The zero-order valence-electron chi connectivity index (χ0n) is 15.4. The number of rotatable bonds is 4. The molecular formula is C21H30O4. The predicted octanol–water partition coefficient (Wildman–Crippen LogP) is 3.89. The first-order chi connectivity index (χ1) is 11.9. The number of ether oxygens (including phenoxy) is 2. The van der Waals surface area contributed by atoms with Gasteiger partial charge in [0.15, 0.2) is 0 Å². The van der Waals surface area contributed by atoms with Crippen molar-refractivity contribution in [3.05, 3.63) is 12.3 Å². The van der Waals surface area contributed by atoms with Crippen LogP contribution < -0.4 is 0 Å². The van der Waals surface area contributed by atoms with E-state index in [2.05, 4.69) is 13.5 Å². The highest BCUT2D eigenvalue weighted by atomic mass is 16.6. The number of allylic oxidation sites excluding steroid dienone is 1. The van der Waals surface area contributed by atoms with Crippen molar-refractivity contribution in [3.8, 4) is 0 Å². The monoisotopic (exact) mass is 346 g/mol. The molecule has 4 rings (SSSR count). The lowest BCUT2D eigenvalue weighted by atomic mass is 9.66. The van der Waals surface area contributed by atoms with E-state index in [1.165, 1.54) is 12.8 Å². The van der Waals surface area contributed by atoms with Crippen molar-refractivity contribution < 1.29 is 19.1 Å². The molecule has 8 atom stereocenters. The Kier molecular flexibility index (Phi) is 4.51. The van der Waals surface area contributed by atoms with Crippen LogP contribution in [0.25, 0.3) is 0 Å². The summed E-state index contributed by atoms with van der Waals surface area (Å²) in [5.41, 5.74) is 0. The Morgan fingerprint density at radius 2 is 1.80 bits per heavy atom. The standard InChI is InChI=1S/C21H30O4/c1-11(22)16-6-4-14(9-18(16)20-13(3)24-20)8-15-5-7-17-12(2)25-21(23)19(17)10-15/h13-20H,2,4-10H2,1,3H3. The number of hydrogen-bond donors (Lipinski definition) is 0. The van der Waals surface area contributed by atoms with Crippen molar-refractivity contribution in [2.75, 3.05) is 0 Å². The van der Waals surface area contributed by atoms with E-state index in [0.29, 0.717) is 41.5 Å². The van der Waals surface area contributed by atoms with E-state index in [1.807, 2.05) is 0 Å². The molecule has 8 unspecified atom stereocenters.